The molecule has 2 amide bonds. The second-order valence-corrected chi connectivity index (χ2v) is 10.5. The normalized spacial score (nSPS) is 17.8. The number of rotatable bonds is 6. The fourth-order valence-corrected chi connectivity index (χ4v) is 6.24. The van der Waals surface area contributed by atoms with Gasteiger partial charge in [0.25, 0.3) is 10.0 Å². The van der Waals surface area contributed by atoms with Gasteiger partial charge in [0, 0.05) is 12.1 Å². The van der Waals surface area contributed by atoms with Crippen molar-refractivity contribution >= 4 is 61.5 Å². The predicted molar refractivity (Wildman–Crippen MR) is 124 cm³/mol. The number of thiophene rings is 1. The lowest BCUT2D eigenvalue weighted by molar-refractivity contribution is -0.121. The van der Waals surface area contributed by atoms with Crippen molar-refractivity contribution in [1.82, 2.24) is 0 Å². The van der Waals surface area contributed by atoms with Crippen LogP contribution >= 0.6 is 23.1 Å². The topological polar surface area (TPSA) is 95.9 Å². The molecule has 3 aromatic rings. The van der Waals surface area contributed by atoms with Crippen LogP contribution in [-0.4, -0.2) is 30.6 Å². The average Bonchev–Trinajstić information content (AvgIpc) is 3.39. The van der Waals surface area contributed by atoms with Crippen LogP contribution in [0.3, 0.4) is 0 Å². The Morgan fingerprint density at radius 3 is 2.32 bits per heavy atom. The Bertz CT molecular complexity index is 1210. The molecule has 1 N–H and O–H groups in total. The minimum atomic E-state index is -3.97. The number of amidine groups is 1. The van der Waals surface area contributed by atoms with Gasteiger partial charge in [-0.15, -0.1) is 15.7 Å². The summed E-state index contributed by atoms with van der Waals surface area (Å²) in [6, 6.07) is 20.7. The highest BCUT2D eigenvalue weighted by atomic mass is 32.2. The van der Waals surface area contributed by atoms with Gasteiger partial charge in [0.05, 0.1) is 5.69 Å². The van der Waals surface area contributed by atoms with Crippen molar-refractivity contribution < 1.29 is 18.0 Å². The standard InChI is InChI=1S/C21H17N3O4S3/c25-18(22-15-8-3-1-4-9-15)14-17-20(26)24(16-10-5-2-6-11-16)21(30-17)23-31(27,28)19-12-7-13-29-19/h1-13,17H,14H2,(H,22,25)/t17-/m1/s1. The van der Waals surface area contributed by atoms with Crippen LogP contribution in [0.1, 0.15) is 6.42 Å². The Hall–Kier alpha value is -2.95. The molecule has 0 aliphatic carbocycles. The van der Waals surface area contributed by atoms with E-state index in [0.29, 0.717) is 11.4 Å². The predicted octanol–water partition coefficient (Wildman–Crippen LogP) is 3.97. The number of para-hydroxylation sites is 2. The SMILES string of the molecule is O=C(C[C@H]1SC(=NS(=O)(=O)c2cccs2)N(c2ccccc2)C1=O)Nc1ccccc1. The second-order valence-electron chi connectivity index (χ2n) is 6.52. The molecule has 1 aliphatic rings. The van der Waals surface area contributed by atoms with Crippen molar-refractivity contribution in [1.29, 1.82) is 0 Å². The van der Waals surface area contributed by atoms with Crippen molar-refractivity contribution in [2.24, 2.45) is 4.40 Å². The van der Waals surface area contributed by atoms with Gasteiger partial charge in [0.15, 0.2) is 5.17 Å². The van der Waals surface area contributed by atoms with Crippen LogP contribution in [0.25, 0.3) is 0 Å². The van der Waals surface area contributed by atoms with Crippen LogP contribution in [0, 0.1) is 0 Å². The van der Waals surface area contributed by atoms with E-state index in [0.717, 1.165) is 23.1 Å². The third-order valence-electron chi connectivity index (χ3n) is 4.33. The Morgan fingerprint density at radius 2 is 1.68 bits per heavy atom. The molecular weight excluding hydrogens is 454 g/mol. The van der Waals surface area contributed by atoms with Crippen LogP contribution in [0.2, 0.25) is 0 Å². The molecule has 31 heavy (non-hydrogen) atoms. The molecule has 0 bridgehead atoms. The first-order valence-corrected chi connectivity index (χ1v) is 12.4. The van der Waals surface area contributed by atoms with Gasteiger partial charge in [-0.2, -0.15) is 8.42 Å². The van der Waals surface area contributed by atoms with Crippen LogP contribution < -0.4 is 10.2 Å². The molecule has 1 aliphatic heterocycles. The quantitative estimate of drug-likeness (QED) is 0.587. The minimum Gasteiger partial charge on any atom is -0.326 e. The monoisotopic (exact) mass is 471 g/mol. The third kappa shape index (κ3) is 4.87. The highest BCUT2D eigenvalue weighted by molar-refractivity contribution is 8.16. The fourth-order valence-electron chi connectivity index (χ4n) is 2.93. The first-order chi connectivity index (χ1) is 14.9. The highest BCUT2D eigenvalue weighted by Crippen LogP contribution is 2.35. The molecule has 158 valence electrons. The molecule has 1 fully saturated rings. The van der Waals surface area contributed by atoms with Gasteiger partial charge in [-0.3, -0.25) is 14.5 Å². The number of hydrogen-bond donors (Lipinski definition) is 1. The van der Waals surface area contributed by atoms with E-state index in [2.05, 4.69) is 9.71 Å². The second kappa shape index (κ2) is 9.04. The van der Waals surface area contributed by atoms with E-state index in [1.165, 1.54) is 11.0 Å². The number of hydrogen-bond acceptors (Lipinski definition) is 6. The van der Waals surface area contributed by atoms with Gasteiger partial charge in [-0.25, -0.2) is 0 Å². The first kappa shape index (κ1) is 21.3. The smallest absolute Gasteiger partial charge is 0.294 e. The zero-order chi connectivity index (χ0) is 21.8. The van der Waals surface area contributed by atoms with Crippen molar-refractivity contribution in [3.8, 4) is 0 Å². The lowest BCUT2D eigenvalue weighted by Gasteiger charge is -2.16. The maximum Gasteiger partial charge on any atom is 0.294 e. The lowest BCUT2D eigenvalue weighted by Crippen LogP contribution is -2.33. The van der Waals surface area contributed by atoms with E-state index in [9.17, 15) is 18.0 Å². The van der Waals surface area contributed by atoms with Crippen molar-refractivity contribution in [3.05, 3.63) is 78.2 Å². The summed E-state index contributed by atoms with van der Waals surface area (Å²) in [4.78, 5) is 26.9. The summed E-state index contributed by atoms with van der Waals surface area (Å²) in [5, 5.41) is 3.63. The number of carbonyl (C=O) groups excluding carboxylic acids is 2. The summed E-state index contributed by atoms with van der Waals surface area (Å²) in [7, 11) is -3.97. The van der Waals surface area contributed by atoms with E-state index in [4.69, 9.17) is 0 Å². The van der Waals surface area contributed by atoms with Gasteiger partial charge in [-0.05, 0) is 35.7 Å². The summed E-state index contributed by atoms with van der Waals surface area (Å²) < 4.78 is 29.4. The van der Waals surface area contributed by atoms with Gasteiger partial charge in [0.2, 0.25) is 11.8 Å². The Balaban J connectivity index is 1.62. The molecule has 0 unspecified atom stereocenters. The van der Waals surface area contributed by atoms with Crippen molar-refractivity contribution in [2.45, 2.75) is 15.9 Å². The van der Waals surface area contributed by atoms with Crippen LogP contribution in [0.4, 0.5) is 11.4 Å². The minimum absolute atomic E-state index is 0.0297. The molecule has 2 aromatic carbocycles. The Morgan fingerprint density at radius 1 is 1.00 bits per heavy atom. The molecule has 0 radical (unpaired) electrons. The summed E-state index contributed by atoms with van der Waals surface area (Å²) >= 11 is 2.03. The zero-order valence-electron chi connectivity index (χ0n) is 16.0. The van der Waals surface area contributed by atoms with Crippen LogP contribution in [-0.2, 0) is 19.6 Å². The Kier molecular flexibility index (Phi) is 6.21. The molecule has 1 aromatic heterocycles. The highest BCUT2D eigenvalue weighted by Gasteiger charge is 2.41. The van der Waals surface area contributed by atoms with Gasteiger partial charge >= 0.3 is 0 Å². The lowest BCUT2D eigenvalue weighted by atomic mass is 10.2. The van der Waals surface area contributed by atoms with Gasteiger partial charge in [0.1, 0.15) is 9.46 Å². The fraction of sp³-hybridized carbons (Fsp3) is 0.0952. The van der Waals surface area contributed by atoms with Crippen molar-refractivity contribution in [3.63, 3.8) is 0 Å². The number of nitrogens with zero attached hydrogens (tertiary/aromatic N) is 2. The molecule has 1 atom stereocenters. The molecule has 1 saturated heterocycles. The van der Waals surface area contributed by atoms with Crippen LogP contribution in [0.5, 0.6) is 0 Å². The third-order valence-corrected chi connectivity index (χ3v) is 8.22. The summed E-state index contributed by atoms with van der Waals surface area (Å²) in [6.45, 7) is 0. The van der Waals surface area contributed by atoms with Gasteiger partial charge in [-0.1, -0.05) is 54.2 Å². The molecule has 0 spiro atoms. The zero-order valence-corrected chi connectivity index (χ0v) is 18.5. The summed E-state index contributed by atoms with van der Waals surface area (Å²) in [5.74, 6) is -0.730. The molecule has 2 heterocycles. The maximum atomic E-state index is 13.1. The van der Waals surface area contributed by atoms with E-state index < -0.39 is 15.3 Å². The van der Waals surface area contributed by atoms with E-state index >= 15 is 0 Å². The number of carbonyl (C=O) groups is 2. The van der Waals surface area contributed by atoms with Crippen molar-refractivity contribution in [2.75, 3.05) is 10.2 Å². The summed E-state index contributed by atoms with van der Waals surface area (Å²) in [6.07, 6.45) is -0.111. The largest absolute Gasteiger partial charge is 0.326 e. The van der Waals surface area contributed by atoms with E-state index in [-0.39, 0.29) is 27.6 Å². The number of anilines is 2. The Labute approximate surface area is 187 Å². The average molecular weight is 472 g/mol. The molecule has 10 heteroatoms. The first-order valence-electron chi connectivity index (χ1n) is 9.23. The molecule has 0 saturated carbocycles. The molecule has 4 rings (SSSR count). The van der Waals surface area contributed by atoms with E-state index in [1.54, 1.807) is 66.0 Å². The maximum absolute atomic E-state index is 13.1. The van der Waals surface area contributed by atoms with Gasteiger partial charge < -0.3 is 5.32 Å². The number of amides is 2. The molecule has 7 nitrogen and oxygen atoms in total. The summed E-state index contributed by atoms with van der Waals surface area (Å²) in [5.41, 5.74) is 1.11. The van der Waals surface area contributed by atoms with Crippen LogP contribution in [0.15, 0.2) is 86.8 Å². The number of nitrogens with one attached hydrogen (secondary N) is 1. The number of benzene rings is 2. The number of sulfonamides is 1. The van der Waals surface area contributed by atoms with E-state index in [1.807, 2.05) is 6.07 Å². The molecular formula is C21H17N3O4S3. The number of thioether (sulfide) groups is 1.